The minimum absolute atomic E-state index is 0. The zero-order chi connectivity index (χ0) is 36.7. The van der Waals surface area contributed by atoms with Gasteiger partial charge in [-0.3, -0.25) is 0 Å². The Morgan fingerprint density at radius 1 is 0.627 bits per heavy atom. The van der Waals surface area contributed by atoms with Gasteiger partial charge in [0.2, 0.25) is 0 Å². The Morgan fingerprint density at radius 2 is 0.961 bits per heavy atom. The summed E-state index contributed by atoms with van der Waals surface area (Å²) in [6, 6.07) is 19.3. The van der Waals surface area contributed by atoms with E-state index in [-0.39, 0.29) is 67.8 Å². The second-order valence-electron chi connectivity index (χ2n) is 16.1. The molecule has 2 aromatic carbocycles. The molecule has 0 aliphatic heterocycles. The summed E-state index contributed by atoms with van der Waals surface area (Å²) in [5.41, 5.74) is 7.84. The van der Waals surface area contributed by atoms with Gasteiger partial charge >= 0.3 is 12.1 Å². The third-order valence-electron chi connectivity index (χ3n) is 7.39. The predicted octanol–water partition coefficient (Wildman–Crippen LogP) is 7.56. The zero-order valence-corrected chi connectivity index (χ0v) is 34.1. The maximum atomic E-state index is 12.5. The van der Waals surface area contributed by atoms with Gasteiger partial charge in [0.25, 0.3) is 0 Å². The number of hydrogen-bond donors (Lipinski definition) is 5. The second-order valence-corrected chi connectivity index (χ2v) is 16.1. The number of aliphatic hydroxyl groups excluding tert-OH is 2. The van der Waals surface area contributed by atoms with Crippen molar-refractivity contribution in [2.24, 2.45) is 23.5 Å². The van der Waals surface area contributed by atoms with Crippen LogP contribution in [0.5, 0.6) is 0 Å². The molecular formula is C40H73Cl2N5O4. The van der Waals surface area contributed by atoms with E-state index in [4.69, 9.17) is 5.73 Å². The lowest BCUT2D eigenvalue weighted by molar-refractivity contribution is 0.0746. The first kappa shape index (κ1) is 52.8. The molecule has 0 fully saturated rings. The highest BCUT2D eigenvalue weighted by Gasteiger charge is 2.26. The van der Waals surface area contributed by atoms with Crippen LogP contribution in [0.4, 0.5) is 9.59 Å². The highest BCUT2D eigenvalue weighted by Crippen LogP contribution is 2.15. The van der Waals surface area contributed by atoms with Crippen molar-refractivity contribution in [1.29, 1.82) is 0 Å². The van der Waals surface area contributed by atoms with E-state index in [2.05, 4.69) is 36.6 Å². The first-order chi connectivity index (χ1) is 22.2. The molecule has 296 valence electrons. The Hall–Kier alpha value is -2.56. The molecule has 0 aliphatic rings. The summed E-state index contributed by atoms with van der Waals surface area (Å²) in [5, 5.41) is 27.0. The monoisotopic (exact) mass is 758 g/mol. The fraction of sp³-hybridized carbons (Fsp3) is 0.650. The summed E-state index contributed by atoms with van der Waals surface area (Å²) in [6.45, 7) is 23.8. The van der Waals surface area contributed by atoms with Crippen molar-refractivity contribution in [3.63, 3.8) is 0 Å². The summed E-state index contributed by atoms with van der Waals surface area (Å²) in [5.74, 6) is 0.755. The van der Waals surface area contributed by atoms with Crippen molar-refractivity contribution >= 4 is 36.9 Å². The van der Waals surface area contributed by atoms with E-state index < -0.39 is 18.2 Å². The van der Waals surface area contributed by atoms with Crippen LogP contribution in [0.15, 0.2) is 60.7 Å². The number of urea groups is 2. The largest absolute Gasteiger partial charge is 0.391 e. The minimum atomic E-state index is -0.769. The molecule has 9 nitrogen and oxygen atoms in total. The van der Waals surface area contributed by atoms with Crippen LogP contribution >= 0.6 is 24.8 Å². The van der Waals surface area contributed by atoms with Crippen LogP contribution in [0.2, 0.25) is 0 Å². The molecule has 0 spiro atoms. The Balaban J connectivity index is -0.000000853. The van der Waals surface area contributed by atoms with Crippen LogP contribution in [-0.2, 0) is 12.8 Å². The van der Waals surface area contributed by atoms with Gasteiger partial charge < -0.3 is 36.4 Å². The van der Waals surface area contributed by atoms with Gasteiger partial charge in [-0.25, -0.2) is 9.59 Å². The molecule has 11 heteroatoms. The van der Waals surface area contributed by atoms with Crippen LogP contribution in [-0.4, -0.2) is 87.6 Å². The fourth-order valence-corrected chi connectivity index (χ4v) is 5.07. The number of carbonyl (C=O) groups excluding carboxylic acids is 2. The number of nitrogens with zero attached hydrogens (tertiary/aromatic N) is 2. The average Bonchev–Trinajstić information content (AvgIpc) is 2.95. The zero-order valence-electron chi connectivity index (χ0n) is 32.5. The third-order valence-corrected chi connectivity index (χ3v) is 7.39. The molecule has 0 aliphatic carbocycles. The van der Waals surface area contributed by atoms with Crippen LogP contribution in [0.3, 0.4) is 0 Å². The maximum absolute atomic E-state index is 12.5. The van der Waals surface area contributed by atoms with Crippen molar-refractivity contribution in [3.8, 4) is 0 Å². The molecule has 51 heavy (non-hydrogen) atoms. The topological polar surface area (TPSA) is 131 Å². The summed E-state index contributed by atoms with van der Waals surface area (Å²) >= 11 is 0. The van der Waals surface area contributed by atoms with Crippen LogP contribution < -0.4 is 16.4 Å². The van der Waals surface area contributed by atoms with E-state index in [1.165, 1.54) is 5.56 Å². The SMILES string of the molecule is C.CC(C)CN(C[C@@H](O)[C@@H](C)Cc1ccccc1)C(=O)NC(C)(C)C.CC(C)CN(C[C@@H](O)[C@@H](N)Cc1ccccc1)C(=O)NC(C)(C)C.Cl.Cl. The second kappa shape index (κ2) is 25.4. The fourth-order valence-electron chi connectivity index (χ4n) is 5.07. The lowest BCUT2D eigenvalue weighted by Gasteiger charge is -2.32. The van der Waals surface area contributed by atoms with Gasteiger partial charge in [0.1, 0.15) is 0 Å². The van der Waals surface area contributed by atoms with Crippen molar-refractivity contribution < 1.29 is 19.8 Å². The van der Waals surface area contributed by atoms with Crippen LogP contribution in [0, 0.1) is 17.8 Å². The third kappa shape index (κ3) is 24.3. The lowest BCUT2D eigenvalue weighted by atomic mass is 9.95. The maximum Gasteiger partial charge on any atom is 0.317 e. The molecular weight excluding hydrogens is 685 g/mol. The average molecular weight is 759 g/mol. The number of nitrogens with one attached hydrogen (secondary N) is 2. The molecule has 0 saturated carbocycles. The van der Waals surface area contributed by atoms with Crippen molar-refractivity contribution in [2.45, 2.75) is 126 Å². The van der Waals surface area contributed by atoms with Crippen molar-refractivity contribution in [1.82, 2.24) is 20.4 Å². The standard InChI is InChI=1S/C20H34N2O2.C19H33N3O2.CH4.2ClH/c1-15(2)13-22(19(24)21-20(4,5)6)14-18(23)16(3)12-17-10-8-7-9-11-17;1-14(2)12-22(18(24)21-19(3,4)5)13-17(23)16(20)11-15-9-7-6-8-10-15;;;/h7-11,15-16,18,23H,12-14H2,1-6H3,(H,21,24);6-10,14,16-17,23H,11-13,20H2,1-5H3,(H,21,24);1H4;2*1H/t16-,18+;16-,17+;;;/m00.../s1. The first-order valence-corrected chi connectivity index (χ1v) is 17.5. The van der Waals surface area contributed by atoms with E-state index in [1.807, 2.05) is 111 Å². The van der Waals surface area contributed by atoms with E-state index in [1.54, 1.807) is 9.80 Å². The van der Waals surface area contributed by atoms with E-state index >= 15 is 0 Å². The molecule has 2 rings (SSSR count). The molecule has 0 heterocycles. The number of rotatable bonds is 14. The molecule has 0 aromatic heterocycles. The summed E-state index contributed by atoms with van der Waals surface area (Å²) < 4.78 is 0. The molecule has 0 radical (unpaired) electrons. The number of nitrogens with two attached hydrogens (primary N) is 1. The summed E-state index contributed by atoms with van der Waals surface area (Å²) in [7, 11) is 0. The normalized spacial score (nSPS) is 13.5. The molecule has 4 atom stereocenters. The van der Waals surface area contributed by atoms with Crippen LogP contribution in [0.1, 0.15) is 94.7 Å². The molecule has 2 aromatic rings. The van der Waals surface area contributed by atoms with Gasteiger partial charge in [0.15, 0.2) is 0 Å². The summed E-state index contributed by atoms with van der Waals surface area (Å²) in [4.78, 5) is 28.4. The van der Waals surface area contributed by atoms with Gasteiger partial charge in [-0.2, -0.15) is 0 Å². The van der Waals surface area contributed by atoms with E-state index in [0.717, 1.165) is 12.0 Å². The van der Waals surface area contributed by atoms with Gasteiger partial charge in [-0.05, 0) is 83.3 Å². The Bertz CT molecular complexity index is 1100. The highest BCUT2D eigenvalue weighted by atomic mass is 35.5. The van der Waals surface area contributed by atoms with Gasteiger partial charge in [-0.1, -0.05) is 103 Å². The molecule has 0 bridgehead atoms. The number of benzene rings is 2. The molecule has 4 amide bonds. The number of aliphatic hydroxyl groups is 2. The number of amides is 4. The first-order valence-electron chi connectivity index (χ1n) is 17.5. The Morgan fingerprint density at radius 3 is 1.29 bits per heavy atom. The predicted molar refractivity (Wildman–Crippen MR) is 220 cm³/mol. The molecule has 0 unspecified atom stereocenters. The minimum Gasteiger partial charge on any atom is -0.391 e. The Labute approximate surface area is 323 Å². The highest BCUT2D eigenvalue weighted by molar-refractivity contribution is 5.85. The smallest absolute Gasteiger partial charge is 0.317 e. The Kier molecular flexibility index (Phi) is 26.3. The van der Waals surface area contributed by atoms with E-state index in [9.17, 15) is 19.8 Å². The number of carbonyl (C=O) groups is 2. The summed E-state index contributed by atoms with van der Waals surface area (Å²) in [6.07, 6.45) is 0.0703. The number of hydrogen-bond acceptors (Lipinski definition) is 5. The number of halogens is 2. The molecule has 6 N–H and O–H groups in total. The molecule has 0 saturated heterocycles. The quantitative estimate of drug-likeness (QED) is 0.136. The van der Waals surface area contributed by atoms with Gasteiger partial charge in [0, 0.05) is 43.3 Å². The van der Waals surface area contributed by atoms with E-state index in [0.29, 0.717) is 37.9 Å². The van der Waals surface area contributed by atoms with Crippen LogP contribution in [0.25, 0.3) is 0 Å². The van der Waals surface area contributed by atoms with Crippen molar-refractivity contribution in [2.75, 3.05) is 26.2 Å². The lowest BCUT2D eigenvalue weighted by Crippen LogP contribution is -2.53. The van der Waals surface area contributed by atoms with Crippen molar-refractivity contribution in [3.05, 3.63) is 71.8 Å². The van der Waals surface area contributed by atoms with Gasteiger partial charge in [-0.15, -0.1) is 24.8 Å². The van der Waals surface area contributed by atoms with Gasteiger partial charge in [0.05, 0.1) is 12.2 Å².